The average molecular weight is 158 g/mol. The zero-order valence-corrected chi connectivity index (χ0v) is 6.08. The van der Waals surface area contributed by atoms with Crippen LogP contribution in [0.5, 0.6) is 0 Å². The van der Waals surface area contributed by atoms with Gasteiger partial charge in [0.05, 0.1) is 6.26 Å². The van der Waals surface area contributed by atoms with E-state index in [-0.39, 0.29) is 19.0 Å². The molecule has 11 heavy (non-hydrogen) atoms. The predicted octanol–water partition coefficient (Wildman–Crippen LogP) is 0.761. The maximum atomic E-state index is 10.1. The van der Waals surface area contributed by atoms with Gasteiger partial charge in [0, 0.05) is 0 Å². The van der Waals surface area contributed by atoms with Gasteiger partial charge in [0.25, 0.3) is 0 Å². The van der Waals surface area contributed by atoms with Gasteiger partial charge in [-0.15, -0.1) is 0 Å². The van der Waals surface area contributed by atoms with E-state index < -0.39 is 5.97 Å². The van der Waals surface area contributed by atoms with Crippen molar-refractivity contribution in [1.82, 2.24) is 0 Å². The monoisotopic (exact) mass is 158 g/mol. The van der Waals surface area contributed by atoms with Crippen molar-refractivity contribution < 1.29 is 19.4 Å². The molecule has 0 atom stereocenters. The van der Waals surface area contributed by atoms with Gasteiger partial charge in [0.1, 0.15) is 13.2 Å². The van der Waals surface area contributed by atoms with Crippen LogP contribution < -0.4 is 0 Å². The van der Waals surface area contributed by atoms with E-state index in [9.17, 15) is 4.79 Å². The molecule has 0 aliphatic heterocycles. The standard InChI is InChI=1S/C7H10O4/c1-3-10-4-5-11-6(2)7(8)9/h3H,1-2,4-5H2,(H,8,9). The van der Waals surface area contributed by atoms with E-state index in [0.717, 1.165) is 0 Å². The van der Waals surface area contributed by atoms with Crippen molar-refractivity contribution in [3.8, 4) is 0 Å². The van der Waals surface area contributed by atoms with Crippen LogP contribution in [0.15, 0.2) is 25.2 Å². The number of hydrogen-bond acceptors (Lipinski definition) is 3. The highest BCUT2D eigenvalue weighted by Crippen LogP contribution is 1.92. The number of rotatable bonds is 6. The Labute approximate surface area is 64.7 Å². The van der Waals surface area contributed by atoms with Crippen molar-refractivity contribution in [3.63, 3.8) is 0 Å². The Morgan fingerprint density at radius 3 is 2.64 bits per heavy atom. The zero-order valence-electron chi connectivity index (χ0n) is 6.08. The molecule has 0 heterocycles. The minimum absolute atomic E-state index is 0.164. The molecule has 0 saturated carbocycles. The van der Waals surface area contributed by atoms with Crippen LogP contribution in [-0.4, -0.2) is 24.3 Å². The van der Waals surface area contributed by atoms with Gasteiger partial charge < -0.3 is 14.6 Å². The van der Waals surface area contributed by atoms with E-state index in [2.05, 4.69) is 22.6 Å². The molecule has 0 aliphatic rings. The van der Waals surface area contributed by atoms with E-state index in [1.165, 1.54) is 6.26 Å². The molecule has 1 N–H and O–H groups in total. The quantitative estimate of drug-likeness (QED) is 0.352. The third-order valence-electron chi connectivity index (χ3n) is 0.834. The Morgan fingerprint density at radius 1 is 1.55 bits per heavy atom. The number of carboxylic acid groups (broad SMARTS) is 1. The molecule has 0 saturated heterocycles. The zero-order chi connectivity index (χ0) is 8.69. The lowest BCUT2D eigenvalue weighted by molar-refractivity contribution is -0.136. The molecule has 0 aliphatic carbocycles. The van der Waals surface area contributed by atoms with Crippen molar-refractivity contribution >= 4 is 5.97 Å². The lowest BCUT2D eigenvalue weighted by atomic mass is 10.6. The molecular formula is C7H10O4. The lowest BCUT2D eigenvalue weighted by Crippen LogP contribution is -2.07. The average Bonchev–Trinajstić information content (AvgIpc) is 1.97. The van der Waals surface area contributed by atoms with Gasteiger partial charge in [0.2, 0.25) is 0 Å². The first kappa shape index (κ1) is 9.55. The molecule has 4 heteroatoms. The second kappa shape index (κ2) is 5.34. The van der Waals surface area contributed by atoms with Gasteiger partial charge in [-0.2, -0.15) is 0 Å². The molecule has 0 fully saturated rings. The summed E-state index contributed by atoms with van der Waals surface area (Å²) >= 11 is 0. The first-order valence-corrected chi connectivity index (χ1v) is 2.96. The molecule has 0 unspecified atom stereocenters. The highest BCUT2D eigenvalue weighted by Gasteiger charge is 2.02. The summed E-state index contributed by atoms with van der Waals surface area (Å²) in [6.45, 7) is 6.88. The van der Waals surface area contributed by atoms with Gasteiger partial charge in [0.15, 0.2) is 5.76 Å². The Morgan fingerprint density at radius 2 is 2.18 bits per heavy atom. The molecule has 0 radical (unpaired) electrons. The van der Waals surface area contributed by atoms with Crippen molar-refractivity contribution in [3.05, 3.63) is 25.2 Å². The lowest BCUT2D eigenvalue weighted by Gasteiger charge is -2.03. The smallest absolute Gasteiger partial charge is 0.370 e. The fourth-order valence-corrected chi connectivity index (χ4v) is 0.358. The number of carbonyl (C=O) groups is 1. The van der Waals surface area contributed by atoms with Gasteiger partial charge in [-0.05, 0) is 6.58 Å². The maximum absolute atomic E-state index is 10.1. The van der Waals surface area contributed by atoms with Gasteiger partial charge in [-0.25, -0.2) is 4.79 Å². The van der Waals surface area contributed by atoms with E-state index >= 15 is 0 Å². The van der Waals surface area contributed by atoms with Gasteiger partial charge >= 0.3 is 5.97 Å². The van der Waals surface area contributed by atoms with E-state index in [0.29, 0.717) is 0 Å². The normalized spacial score (nSPS) is 8.36. The van der Waals surface area contributed by atoms with Crippen molar-refractivity contribution in [2.24, 2.45) is 0 Å². The molecule has 62 valence electrons. The highest BCUT2D eigenvalue weighted by atomic mass is 16.5. The highest BCUT2D eigenvalue weighted by molar-refractivity contribution is 5.83. The molecule has 4 nitrogen and oxygen atoms in total. The van der Waals surface area contributed by atoms with Crippen LogP contribution in [0.1, 0.15) is 0 Å². The summed E-state index contributed by atoms with van der Waals surface area (Å²) in [5, 5.41) is 8.25. The van der Waals surface area contributed by atoms with E-state index in [1.54, 1.807) is 0 Å². The number of aliphatic carboxylic acids is 1. The summed E-state index contributed by atoms with van der Waals surface area (Å²) in [5.74, 6) is -1.44. The Balaban J connectivity index is 3.31. The minimum atomic E-state index is -1.16. The first-order valence-electron chi connectivity index (χ1n) is 2.96. The maximum Gasteiger partial charge on any atom is 0.370 e. The second-order valence-corrected chi connectivity index (χ2v) is 1.61. The van der Waals surface area contributed by atoms with Crippen LogP contribution in [-0.2, 0) is 14.3 Å². The summed E-state index contributed by atoms with van der Waals surface area (Å²) in [4.78, 5) is 10.1. The van der Waals surface area contributed by atoms with Gasteiger partial charge in [-0.1, -0.05) is 6.58 Å². The molecule has 0 amide bonds. The largest absolute Gasteiger partial charge is 0.498 e. The van der Waals surface area contributed by atoms with Crippen LogP contribution in [0.4, 0.5) is 0 Å². The molecule has 0 bridgehead atoms. The fourth-order valence-electron chi connectivity index (χ4n) is 0.358. The van der Waals surface area contributed by atoms with E-state index in [4.69, 9.17) is 5.11 Å². The van der Waals surface area contributed by atoms with Crippen molar-refractivity contribution in [2.75, 3.05) is 13.2 Å². The summed E-state index contributed by atoms with van der Waals surface area (Å²) in [7, 11) is 0. The number of ether oxygens (including phenoxy) is 2. The van der Waals surface area contributed by atoms with Crippen LogP contribution in [0, 0.1) is 0 Å². The molecular weight excluding hydrogens is 148 g/mol. The minimum Gasteiger partial charge on any atom is -0.498 e. The first-order chi connectivity index (χ1) is 5.18. The Kier molecular flexibility index (Phi) is 4.64. The van der Waals surface area contributed by atoms with Crippen LogP contribution >= 0.6 is 0 Å². The second-order valence-electron chi connectivity index (χ2n) is 1.61. The third-order valence-corrected chi connectivity index (χ3v) is 0.834. The van der Waals surface area contributed by atoms with Gasteiger partial charge in [-0.3, -0.25) is 0 Å². The number of carboxylic acids is 1. The topological polar surface area (TPSA) is 55.8 Å². The third kappa shape index (κ3) is 5.02. The molecule has 0 aromatic rings. The predicted molar refractivity (Wildman–Crippen MR) is 38.9 cm³/mol. The molecule has 0 rings (SSSR count). The Bertz CT molecular complexity index is 162. The summed E-state index contributed by atoms with van der Waals surface area (Å²) in [6, 6.07) is 0. The van der Waals surface area contributed by atoms with Crippen molar-refractivity contribution in [1.29, 1.82) is 0 Å². The molecule has 0 spiro atoms. The summed E-state index contributed by atoms with van der Waals surface area (Å²) in [6.07, 6.45) is 1.26. The Hall–Kier alpha value is -1.45. The van der Waals surface area contributed by atoms with Crippen LogP contribution in [0.25, 0.3) is 0 Å². The summed E-state index contributed by atoms with van der Waals surface area (Å²) in [5.41, 5.74) is 0. The van der Waals surface area contributed by atoms with Crippen LogP contribution in [0.3, 0.4) is 0 Å². The van der Waals surface area contributed by atoms with Crippen LogP contribution in [0.2, 0.25) is 0 Å². The van der Waals surface area contributed by atoms with E-state index in [1.807, 2.05) is 0 Å². The molecule has 0 aromatic heterocycles. The molecule has 0 aromatic carbocycles. The number of hydrogen-bond donors (Lipinski definition) is 1. The summed E-state index contributed by atoms with van der Waals surface area (Å²) < 4.78 is 9.31. The fraction of sp³-hybridized carbons (Fsp3) is 0.286. The van der Waals surface area contributed by atoms with Crippen molar-refractivity contribution in [2.45, 2.75) is 0 Å². The SMILES string of the molecule is C=COCCOC(=C)C(=O)O.